The minimum absolute atomic E-state index is 0.0587. The van der Waals surface area contributed by atoms with Gasteiger partial charge < -0.3 is 19.6 Å². The Bertz CT molecular complexity index is 1540. The van der Waals surface area contributed by atoms with Crippen LogP contribution >= 0.6 is 11.6 Å². The number of hydrogen-bond acceptors (Lipinski definition) is 7. The Hall–Kier alpha value is -3.74. The molecule has 13 heteroatoms. The van der Waals surface area contributed by atoms with Crippen molar-refractivity contribution in [3.8, 4) is 28.5 Å². The van der Waals surface area contributed by atoms with E-state index in [4.69, 9.17) is 21.2 Å². The summed E-state index contributed by atoms with van der Waals surface area (Å²) in [5.41, 5.74) is 0.428. The molecule has 2 unspecified atom stereocenters. The van der Waals surface area contributed by atoms with E-state index in [1.165, 1.54) is 12.1 Å². The predicted molar refractivity (Wildman–Crippen MR) is 143 cm³/mol. The van der Waals surface area contributed by atoms with Crippen molar-refractivity contribution < 1.29 is 32.7 Å². The second-order valence-electron chi connectivity index (χ2n) is 10.2. The van der Waals surface area contributed by atoms with Crippen molar-refractivity contribution >= 4 is 17.6 Å². The first-order valence-corrected chi connectivity index (χ1v) is 13.4. The number of aliphatic hydroxyl groups excluding tert-OH is 1. The zero-order valence-corrected chi connectivity index (χ0v) is 22.7. The van der Waals surface area contributed by atoms with Gasteiger partial charge in [0, 0.05) is 30.1 Å². The van der Waals surface area contributed by atoms with Crippen LogP contribution in [0.4, 0.5) is 13.2 Å². The molecule has 0 radical (unpaired) electrons. The summed E-state index contributed by atoms with van der Waals surface area (Å²) in [7, 11) is 0. The average Bonchev–Trinajstić information content (AvgIpc) is 3.56. The van der Waals surface area contributed by atoms with Crippen LogP contribution in [0.25, 0.3) is 28.5 Å². The van der Waals surface area contributed by atoms with Gasteiger partial charge in [-0.25, -0.2) is 4.68 Å². The van der Waals surface area contributed by atoms with Gasteiger partial charge in [-0.05, 0) is 61.6 Å². The molecule has 2 aromatic heterocycles. The van der Waals surface area contributed by atoms with Crippen molar-refractivity contribution in [1.82, 2.24) is 24.8 Å². The van der Waals surface area contributed by atoms with Crippen LogP contribution in [0.3, 0.4) is 0 Å². The van der Waals surface area contributed by atoms with E-state index in [1.807, 2.05) is 0 Å². The molecule has 0 saturated carbocycles. The molecule has 216 valence electrons. The molecule has 0 aliphatic carbocycles. The fourth-order valence-electron chi connectivity index (χ4n) is 5.20. The van der Waals surface area contributed by atoms with E-state index in [9.17, 15) is 23.1 Å². The summed E-state index contributed by atoms with van der Waals surface area (Å²) < 4.78 is 48.6. The second kappa shape index (κ2) is 11.6. The van der Waals surface area contributed by atoms with E-state index in [1.54, 1.807) is 37.3 Å². The number of carboxylic acids is 1. The van der Waals surface area contributed by atoms with Gasteiger partial charge in [-0.2, -0.15) is 23.3 Å². The van der Waals surface area contributed by atoms with E-state index < -0.39 is 23.9 Å². The van der Waals surface area contributed by atoms with E-state index in [0.29, 0.717) is 34.8 Å². The maximum absolute atomic E-state index is 14.2. The smallest absolute Gasteiger partial charge is 0.434 e. The quantitative estimate of drug-likeness (QED) is 0.265. The Labute approximate surface area is 238 Å². The number of likely N-dealkylation sites (tertiary alicyclic amines) is 1. The first-order chi connectivity index (χ1) is 19.5. The number of benzene rings is 2. The molecule has 1 saturated heterocycles. The van der Waals surface area contributed by atoms with Crippen LogP contribution in [-0.2, 0) is 11.0 Å². The largest absolute Gasteiger partial charge is 0.481 e. The van der Waals surface area contributed by atoms with E-state index in [0.717, 1.165) is 30.3 Å². The molecule has 1 fully saturated rings. The Morgan fingerprint density at radius 2 is 1.98 bits per heavy atom. The Morgan fingerprint density at radius 3 is 2.66 bits per heavy atom. The lowest BCUT2D eigenvalue weighted by molar-refractivity contribution is -0.142. The topological polar surface area (TPSA) is 118 Å². The van der Waals surface area contributed by atoms with Gasteiger partial charge in [0.1, 0.15) is 0 Å². The zero-order chi connectivity index (χ0) is 29.3. The van der Waals surface area contributed by atoms with Crippen molar-refractivity contribution in [2.24, 2.45) is 5.92 Å². The highest BCUT2D eigenvalue weighted by Gasteiger charge is 2.41. The predicted octanol–water partition coefficient (Wildman–Crippen LogP) is 5.79. The lowest BCUT2D eigenvalue weighted by Gasteiger charge is -2.33. The number of halogens is 4. The summed E-state index contributed by atoms with van der Waals surface area (Å²) in [6.45, 7) is 3.39. The molecule has 2 N–H and O–H groups in total. The Kier molecular flexibility index (Phi) is 8.16. The number of hydrogen-bond donors (Lipinski definition) is 2. The molecule has 0 amide bonds. The molecule has 5 rings (SSSR count). The SMILES string of the molecule is Cc1cc(Cl)ccc1-n1ncc(-c2nc(-c3ccc(C(O)CN4CCCC(CC(=O)O)C4)cc3)no2)c1C(F)(F)F. The fourth-order valence-corrected chi connectivity index (χ4v) is 5.43. The van der Waals surface area contributed by atoms with Gasteiger partial charge >= 0.3 is 12.1 Å². The van der Waals surface area contributed by atoms with Crippen LogP contribution in [0.15, 0.2) is 53.2 Å². The van der Waals surface area contributed by atoms with E-state index >= 15 is 0 Å². The molecule has 4 aromatic rings. The zero-order valence-electron chi connectivity index (χ0n) is 22.0. The summed E-state index contributed by atoms with van der Waals surface area (Å²) in [4.78, 5) is 17.3. The summed E-state index contributed by atoms with van der Waals surface area (Å²) in [6, 6.07) is 11.2. The number of carbonyl (C=O) groups is 1. The van der Waals surface area contributed by atoms with Crippen molar-refractivity contribution in [3.05, 3.63) is 70.5 Å². The monoisotopic (exact) mass is 589 g/mol. The third-order valence-corrected chi connectivity index (χ3v) is 7.37. The summed E-state index contributed by atoms with van der Waals surface area (Å²) in [6.07, 6.45) is -2.70. The van der Waals surface area contributed by atoms with Crippen molar-refractivity contribution in [2.45, 2.75) is 38.5 Å². The maximum Gasteiger partial charge on any atom is 0.434 e. The number of piperidine rings is 1. The number of carboxylic acid groups (broad SMARTS) is 1. The van der Waals surface area contributed by atoms with Gasteiger partial charge in [-0.3, -0.25) is 4.79 Å². The Morgan fingerprint density at radius 1 is 1.22 bits per heavy atom. The third kappa shape index (κ3) is 6.45. The van der Waals surface area contributed by atoms with Gasteiger partial charge in [-0.15, -0.1) is 0 Å². The number of nitrogens with zero attached hydrogens (tertiary/aromatic N) is 5. The molecule has 41 heavy (non-hydrogen) atoms. The number of alkyl halides is 3. The number of rotatable bonds is 8. The third-order valence-electron chi connectivity index (χ3n) is 7.13. The van der Waals surface area contributed by atoms with Gasteiger partial charge in [0.15, 0.2) is 5.69 Å². The molecule has 2 aromatic carbocycles. The molecule has 9 nitrogen and oxygen atoms in total. The lowest BCUT2D eigenvalue weighted by atomic mass is 9.94. The summed E-state index contributed by atoms with van der Waals surface area (Å²) in [5, 5.41) is 28.1. The fraction of sp³-hybridized carbons (Fsp3) is 0.357. The highest BCUT2D eigenvalue weighted by molar-refractivity contribution is 6.30. The number of β-amino-alcohol motifs (C(OH)–C–C–N with tert-alkyl or cyclic N) is 1. The number of aliphatic carboxylic acids is 1. The molecular formula is C28H27ClF3N5O4. The minimum Gasteiger partial charge on any atom is -0.481 e. The van der Waals surface area contributed by atoms with Crippen LogP contribution in [-0.4, -0.2) is 60.6 Å². The van der Waals surface area contributed by atoms with Gasteiger partial charge in [0.2, 0.25) is 5.82 Å². The van der Waals surface area contributed by atoms with Crippen molar-refractivity contribution in [2.75, 3.05) is 19.6 Å². The molecule has 1 aliphatic rings. The summed E-state index contributed by atoms with van der Waals surface area (Å²) in [5.74, 6) is -1.02. The maximum atomic E-state index is 14.2. The van der Waals surface area contributed by atoms with E-state index in [2.05, 4.69) is 20.1 Å². The van der Waals surface area contributed by atoms with Crippen LogP contribution < -0.4 is 0 Å². The lowest BCUT2D eigenvalue weighted by Crippen LogP contribution is -2.38. The van der Waals surface area contributed by atoms with Crippen molar-refractivity contribution in [3.63, 3.8) is 0 Å². The first kappa shape index (κ1) is 28.8. The highest BCUT2D eigenvalue weighted by atomic mass is 35.5. The van der Waals surface area contributed by atoms with Crippen LogP contribution in [0.1, 0.15) is 42.2 Å². The van der Waals surface area contributed by atoms with E-state index in [-0.39, 0.29) is 35.3 Å². The van der Waals surface area contributed by atoms with Gasteiger partial charge in [0.05, 0.1) is 23.6 Å². The van der Waals surface area contributed by atoms with Crippen LogP contribution in [0, 0.1) is 12.8 Å². The van der Waals surface area contributed by atoms with Crippen LogP contribution in [0.5, 0.6) is 0 Å². The van der Waals surface area contributed by atoms with Crippen LogP contribution in [0.2, 0.25) is 5.02 Å². The number of aliphatic hydroxyl groups is 1. The van der Waals surface area contributed by atoms with Gasteiger partial charge in [-0.1, -0.05) is 41.0 Å². The Balaban J connectivity index is 1.34. The first-order valence-electron chi connectivity index (χ1n) is 13.0. The summed E-state index contributed by atoms with van der Waals surface area (Å²) >= 11 is 5.97. The second-order valence-corrected chi connectivity index (χ2v) is 10.6. The molecule has 0 bridgehead atoms. The molecule has 1 aliphatic heterocycles. The van der Waals surface area contributed by atoms with Crippen molar-refractivity contribution in [1.29, 1.82) is 0 Å². The number of aromatic nitrogens is 4. The molecule has 0 spiro atoms. The average molecular weight is 590 g/mol. The number of aryl methyl sites for hydroxylation is 1. The normalized spacial score (nSPS) is 17.1. The molecular weight excluding hydrogens is 563 g/mol. The molecule has 3 heterocycles. The minimum atomic E-state index is -4.77. The van der Waals surface area contributed by atoms with Gasteiger partial charge in [0.25, 0.3) is 5.89 Å². The standard InChI is InChI=1S/C28H27ClF3N5O4/c1-16-11-20(29)8-9-22(16)37-25(28(30,31)32)21(13-33-37)27-34-26(35-41-27)19-6-4-18(5-7-19)23(38)15-36-10-2-3-17(14-36)12-24(39)40/h4-9,11,13,17,23,38H,2-3,10,12,14-15H2,1H3,(H,39,40). The highest BCUT2D eigenvalue weighted by Crippen LogP contribution is 2.39. The molecule has 2 atom stereocenters.